The van der Waals surface area contributed by atoms with Gasteiger partial charge in [-0.2, -0.15) is 0 Å². The number of amides is 3. The third kappa shape index (κ3) is 7.98. The monoisotopic (exact) mass is 594 g/mol. The molecule has 0 aliphatic carbocycles. The summed E-state index contributed by atoms with van der Waals surface area (Å²) in [4.78, 5) is 33.6. The number of urea groups is 1. The third-order valence-electron chi connectivity index (χ3n) is 7.32. The van der Waals surface area contributed by atoms with Crippen LogP contribution in [0.3, 0.4) is 0 Å². The Labute approximate surface area is 248 Å². The first-order valence-corrected chi connectivity index (χ1v) is 14.3. The molecular formula is C30H32F2N6O3S. The van der Waals surface area contributed by atoms with Crippen LogP contribution in [0.15, 0.2) is 60.8 Å². The largest absolute Gasteiger partial charge is 0.454 e. The SMILES string of the molecule is O=C(Cc1ccc(F)cc1)NC(=S)Nc1ccc(Oc2ccnc(NC(=O)N3CCC(N4CCCC4)CC3)c2)c(F)c1. The Morgan fingerprint density at radius 1 is 0.952 bits per heavy atom. The van der Waals surface area contributed by atoms with Gasteiger partial charge in [0.1, 0.15) is 17.4 Å². The van der Waals surface area contributed by atoms with Crippen LogP contribution >= 0.6 is 12.2 Å². The number of halogens is 2. The van der Waals surface area contributed by atoms with Crippen LogP contribution in [0.25, 0.3) is 0 Å². The number of carbonyl (C=O) groups is 2. The van der Waals surface area contributed by atoms with E-state index in [4.69, 9.17) is 17.0 Å². The topological polar surface area (TPSA) is 98.8 Å². The van der Waals surface area contributed by atoms with Crippen molar-refractivity contribution in [1.29, 1.82) is 0 Å². The maximum absolute atomic E-state index is 14.8. The van der Waals surface area contributed by atoms with Crippen molar-refractivity contribution in [3.05, 3.63) is 78.0 Å². The first-order valence-electron chi connectivity index (χ1n) is 13.9. The highest BCUT2D eigenvalue weighted by Gasteiger charge is 2.28. The number of aromatic nitrogens is 1. The Morgan fingerprint density at radius 3 is 2.40 bits per heavy atom. The molecule has 9 nitrogen and oxygen atoms in total. The fourth-order valence-electron chi connectivity index (χ4n) is 5.18. The molecule has 3 aromatic rings. The highest BCUT2D eigenvalue weighted by Crippen LogP contribution is 2.28. The second kappa shape index (κ2) is 13.7. The first kappa shape index (κ1) is 29.3. The number of pyridine rings is 1. The minimum absolute atomic E-state index is 0.00878. The zero-order valence-electron chi connectivity index (χ0n) is 22.9. The molecule has 0 radical (unpaired) electrons. The van der Waals surface area contributed by atoms with Crippen molar-refractivity contribution in [3.8, 4) is 11.5 Å². The average molecular weight is 595 g/mol. The third-order valence-corrected chi connectivity index (χ3v) is 7.53. The van der Waals surface area contributed by atoms with Crippen molar-refractivity contribution in [2.24, 2.45) is 0 Å². The van der Waals surface area contributed by atoms with Crippen molar-refractivity contribution >= 4 is 40.8 Å². The van der Waals surface area contributed by atoms with Crippen LogP contribution in [0.5, 0.6) is 11.5 Å². The number of piperidine rings is 1. The van der Waals surface area contributed by atoms with Crippen LogP contribution in [0, 0.1) is 11.6 Å². The number of hydrogen-bond donors (Lipinski definition) is 3. The molecule has 0 saturated carbocycles. The van der Waals surface area contributed by atoms with Gasteiger partial charge in [-0.1, -0.05) is 12.1 Å². The fourth-order valence-corrected chi connectivity index (χ4v) is 5.41. The first-order chi connectivity index (χ1) is 20.3. The Hall–Kier alpha value is -4.16. The molecule has 0 bridgehead atoms. The highest BCUT2D eigenvalue weighted by atomic mass is 32.1. The van der Waals surface area contributed by atoms with E-state index in [9.17, 15) is 18.4 Å². The van der Waals surface area contributed by atoms with Crippen LogP contribution in [0.1, 0.15) is 31.2 Å². The Balaban J connectivity index is 1.10. The van der Waals surface area contributed by atoms with E-state index in [1.54, 1.807) is 17.0 Å². The Morgan fingerprint density at radius 2 is 1.69 bits per heavy atom. The lowest BCUT2D eigenvalue weighted by molar-refractivity contribution is -0.119. The van der Waals surface area contributed by atoms with Crippen LogP contribution in [-0.2, 0) is 11.2 Å². The zero-order chi connectivity index (χ0) is 29.5. The molecular weight excluding hydrogens is 562 g/mol. The molecule has 0 unspecified atom stereocenters. The molecule has 2 aliphatic heterocycles. The number of carbonyl (C=O) groups excluding carboxylic acids is 2. The summed E-state index contributed by atoms with van der Waals surface area (Å²) in [7, 11) is 0. The molecule has 3 N–H and O–H groups in total. The molecule has 0 atom stereocenters. The number of nitrogens with one attached hydrogen (secondary N) is 3. The van der Waals surface area contributed by atoms with E-state index in [0.717, 1.165) is 25.9 Å². The van der Waals surface area contributed by atoms with Crippen LogP contribution < -0.4 is 20.7 Å². The van der Waals surface area contributed by atoms with Gasteiger partial charge in [0, 0.05) is 43.1 Å². The van der Waals surface area contributed by atoms with E-state index in [2.05, 4.69) is 25.8 Å². The van der Waals surface area contributed by atoms with Gasteiger partial charge >= 0.3 is 6.03 Å². The van der Waals surface area contributed by atoms with Crippen molar-refractivity contribution < 1.29 is 23.1 Å². The molecule has 3 heterocycles. The Kier molecular flexibility index (Phi) is 9.55. The van der Waals surface area contributed by atoms with Gasteiger partial charge in [0.15, 0.2) is 16.7 Å². The van der Waals surface area contributed by atoms with Crippen LogP contribution in [0.2, 0.25) is 0 Å². The van der Waals surface area contributed by atoms with Crippen molar-refractivity contribution in [3.63, 3.8) is 0 Å². The summed E-state index contributed by atoms with van der Waals surface area (Å²) in [5, 5.41) is 8.08. The molecule has 220 valence electrons. The van der Waals surface area contributed by atoms with Gasteiger partial charge in [-0.05, 0) is 86.9 Å². The number of rotatable bonds is 7. The number of ether oxygens (including phenoxy) is 1. The average Bonchev–Trinajstić information content (AvgIpc) is 3.51. The molecule has 42 heavy (non-hydrogen) atoms. The number of anilines is 2. The molecule has 2 saturated heterocycles. The second-order valence-electron chi connectivity index (χ2n) is 10.3. The number of hydrogen-bond acceptors (Lipinski definition) is 6. The molecule has 2 aliphatic rings. The van der Waals surface area contributed by atoms with Crippen molar-refractivity contribution in [2.45, 2.75) is 38.1 Å². The van der Waals surface area contributed by atoms with E-state index in [1.165, 1.54) is 61.5 Å². The lowest BCUT2D eigenvalue weighted by Crippen LogP contribution is -2.47. The molecule has 2 aromatic carbocycles. The van der Waals surface area contributed by atoms with Gasteiger partial charge in [-0.25, -0.2) is 18.6 Å². The molecule has 1 aromatic heterocycles. The summed E-state index contributed by atoms with van der Waals surface area (Å²) in [6.45, 7) is 3.69. The van der Waals surface area contributed by atoms with Gasteiger partial charge in [-0.3, -0.25) is 10.1 Å². The summed E-state index contributed by atoms with van der Waals surface area (Å²) in [6.07, 6.45) is 5.91. The van der Waals surface area contributed by atoms with E-state index >= 15 is 0 Å². The minimum atomic E-state index is -0.663. The van der Waals surface area contributed by atoms with E-state index in [1.807, 2.05) is 0 Å². The normalized spacial score (nSPS) is 15.7. The quantitative estimate of drug-likeness (QED) is 0.320. The minimum Gasteiger partial charge on any atom is -0.454 e. The fraction of sp³-hybridized carbons (Fsp3) is 0.333. The standard InChI is InChI=1S/C30H32F2N6O3S/c31-21-5-3-20(4-6-21)17-28(39)36-29(42)34-22-7-8-26(25(32)18-22)41-24-9-12-33-27(19-24)35-30(40)38-15-10-23(11-16-38)37-13-1-2-14-37/h3-9,12,18-19,23H,1-2,10-11,13-17H2,(H,33,35,40)(H2,34,36,39,42). The molecule has 2 fully saturated rings. The van der Waals surface area contributed by atoms with Gasteiger partial charge in [0.05, 0.1) is 6.42 Å². The predicted molar refractivity (Wildman–Crippen MR) is 160 cm³/mol. The molecule has 12 heteroatoms. The number of likely N-dealkylation sites (tertiary alicyclic amines) is 2. The van der Waals surface area contributed by atoms with E-state index in [0.29, 0.717) is 41.9 Å². The zero-order valence-corrected chi connectivity index (χ0v) is 23.8. The van der Waals surface area contributed by atoms with E-state index < -0.39 is 11.7 Å². The summed E-state index contributed by atoms with van der Waals surface area (Å²) in [5.41, 5.74) is 0.934. The number of thiocarbonyl (C=S) groups is 1. The lowest BCUT2D eigenvalue weighted by atomic mass is 10.0. The summed E-state index contributed by atoms with van der Waals surface area (Å²) in [6, 6.07) is 13.1. The molecule has 5 rings (SSSR count). The molecule has 0 spiro atoms. The second-order valence-corrected chi connectivity index (χ2v) is 10.7. The Bertz CT molecular complexity index is 1430. The summed E-state index contributed by atoms with van der Waals surface area (Å²) in [5.74, 6) is -0.883. The van der Waals surface area contributed by atoms with Gasteiger partial charge in [0.2, 0.25) is 5.91 Å². The summed E-state index contributed by atoms with van der Waals surface area (Å²) < 4.78 is 33.6. The summed E-state index contributed by atoms with van der Waals surface area (Å²) >= 11 is 5.15. The highest BCUT2D eigenvalue weighted by molar-refractivity contribution is 7.80. The van der Waals surface area contributed by atoms with Crippen LogP contribution in [-0.4, -0.2) is 64.1 Å². The van der Waals surface area contributed by atoms with Crippen molar-refractivity contribution in [1.82, 2.24) is 20.1 Å². The maximum atomic E-state index is 14.8. The molecule has 3 amide bonds. The van der Waals surface area contributed by atoms with E-state index in [-0.39, 0.29) is 29.1 Å². The number of benzene rings is 2. The van der Waals surface area contributed by atoms with Crippen LogP contribution in [0.4, 0.5) is 25.1 Å². The van der Waals surface area contributed by atoms with Gasteiger partial charge in [0.25, 0.3) is 0 Å². The predicted octanol–water partition coefficient (Wildman–Crippen LogP) is 5.30. The number of nitrogens with zero attached hydrogens (tertiary/aromatic N) is 3. The van der Waals surface area contributed by atoms with Gasteiger partial charge in [-0.15, -0.1) is 0 Å². The lowest BCUT2D eigenvalue weighted by Gasteiger charge is -2.36. The van der Waals surface area contributed by atoms with Gasteiger partial charge < -0.3 is 25.2 Å². The maximum Gasteiger partial charge on any atom is 0.323 e. The van der Waals surface area contributed by atoms with Crippen molar-refractivity contribution in [2.75, 3.05) is 36.8 Å². The smallest absolute Gasteiger partial charge is 0.323 e.